The van der Waals surface area contributed by atoms with Crippen LogP contribution in [0.25, 0.3) is 0 Å². The third-order valence-electron chi connectivity index (χ3n) is 12.5. The number of aliphatic hydroxyl groups excluding tert-OH is 2. The Balaban J connectivity index is -0.00000344. The fourth-order valence-electron chi connectivity index (χ4n) is 7.31. The zero-order valence-corrected chi connectivity index (χ0v) is 46.6. The van der Waals surface area contributed by atoms with Crippen LogP contribution in [0.3, 0.4) is 0 Å². The minimum atomic E-state index is -1.10. The van der Waals surface area contributed by atoms with E-state index in [1.165, 1.54) is 96.3 Å². The van der Waals surface area contributed by atoms with Gasteiger partial charge in [-0.15, -0.1) is 0 Å². The number of hydrogen-bond donors (Lipinski definition) is 4. The molecule has 4 N–H and O–H groups in total. The standard InChI is InChI=1S/C47H88N2O6.C7H17NO.Y/c1-7-10-13-16-19-20-21-22-23-24-25-26-27-28-31-34-37-48-46(53)49-38-42(39-50)40-54-45(52)47(5,6)41(4)44(51)55-43(35-32-29-17-14-11-8-2)36-33-30-18-15-12-9-3;1-3-8(4-2)6-5-7-9;/h19-20,22-23,41-43,50H,7-18,21,24-40H2,1-6H3,(H2,48,49,53);9H,3-7H2,1-2H3;/b20-19-,23-22-;;. The Morgan fingerprint density at radius 1 is 0.631 bits per heavy atom. The number of aliphatic hydroxyl groups is 2. The van der Waals surface area contributed by atoms with Gasteiger partial charge in [-0.3, -0.25) is 9.59 Å². The second kappa shape index (κ2) is 50.5. The molecule has 0 aromatic heterocycles. The molecule has 0 rings (SSSR count). The van der Waals surface area contributed by atoms with Crippen LogP contribution in [0.1, 0.15) is 229 Å². The van der Waals surface area contributed by atoms with Crippen LogP contribution in [0.5, 0.6) is 0 Å². The summed E-state index contributed by atoms with van der Waals surface area (Å²) in [5.41, 5.74) is -1.10. The molecule has 0 aliphatic rings. The Morgan fingerprint density at radius 2 is 1.11 bits per heavy atom. The van der Waals surface area contributed by atoms with Crippen molar-refractivity contribution in [3.05, 3.63) is 24.3 Å². The number of nitrogens with zero attached hydrogens (tertiary/aromatic N) is 1. The molecular formula is C54H105N3O7Y. The summed E-state index contributed by atoms with van der Waals surface area (Å²) < 4.78 is 11.7. The molecule has 0 spiro atoms. The Hall–Kier alpha value is -1.33. The quantitative estimate of drug-likeness (QED) is 0.0269. The van der Waals surface area contributed by atoms with Crippen LogP contribution in [0, 0.1) is 17.3 Å². The van der Waals surface area contributed by atoms with E-state index < -0.39 is 23.2 Å². The molecule has 1 radical (unpaired) electrons. The van der Waals surface area contributed by atoms with E-state index in [1.54, 1.807) is 20.8 Å². The first kappa shape index (κ1) is 67.9. The monoisotopic (exact) mass is 997 g/mol. The topological polar surface area (TPSA) is 137 Å². The Bertz CT molecular complexity index is 1100. The third kappa shape index (κ3) is 42.5. The summed E-state index contributed by atoms with van der Waals surface area (Å²) in [5.74, 6) is -2.01. The number of carbonyl (C=O) groups excluding carboxylic acids is 3. The predicted molar refractivity (Wildman–Crippen MR) is 271 cm³/mol. The number of amides is 2. The molecule has 0 saturated heterocycles. The van der Waals surface area contributed by atoms with E-state index in [-0.39, 0.29) is 70.6 Å². The first-order chi connectivity index (χ1) is 31.0. The number of esters is 2. The number of allylic oxidation sites excluding steroid dienone is 4. The van der Waals surface area contributed by atoms with Crippen molar-refractivity contribution in [1.82, 2.24) is 15.5 Å². The molecule has 11 heteroatoms. The third-order valence-corrected chi connectivity index (χ3v) is 12.5. The van der Waals surface area contributed by atoms with Gasteiger partial charge in [0.1, 0.15) is 6.10 Å². The number of hydrogen-bond acceptors (Lipinski definition) is 8. The van der Waals surface area contributed by atoms with E-state index in [4.69, 9.17) is 14.6 Å². The zero-order valence-electron chi connectivity index (χ0n) is 43.8. The van der Waals surface area contributed by atoms with Gasteiger partial charge in [-0.2, -0.15) is 0 Å². The van der Waals surface area contributed by atoms with Crippen molar-refractivity contribution in [3.63, 3.8) is 0 Å². The Morgan fingerprint density at radius 3 is 1.62 bits per heavy atom. The SMILES string of the molecule is CCCCC/C=C\C/C=C\CCCCCCCCNC(=O)NCC(CO)COC(=O)C(C)(C)C(C)C(=O)OC(CCCCCCCC)CCCCCCCC.CCN(CC)CCCO.[Y]. The van der Waals surface area contributed by atoms with Crippen molar-refractivity contribution in [2.75, 3.05) is 52.5 Å². The first-order valence-electron chi connectivity index (χ1n) is 26.6. The van der Waals surface area contributed by atoms with Crippen LogP contribution in [0.15, 0.2) is 24.3 Å². The molecule has 381 valence electrons. The minimum absolute atomic E-state index is 0. The van der Waals surface area contributed by atoms with Gasteiger partial charge in [0.05, 0.1) is 24.5 Å². The summed E-state index contributed by atoms with van der Waals surface area (Å²) in [5, 5.41) is 24.1. The number of nitrogens with one attached hydrogen (secondary N) is 2. The van der Waals surface area contributed by atoms with Crippen molar-refractivity contribution in [1.29, 1.82) is 0 Å². The van der Waals surface area contributed by atoms with Crippen LogP contribution < -0.4 is 10.6 Å². The van der Waals surface area contributed by atoms with E-state index in [0.29, 0.717) is 13.2 Å². The van der Waals surface area contributed by atoms with Gasteiger partial charge in [0, 0.05) is 64.9 Å². The second-order valence-electron chi connectivity index (χ2n) is 18.6. The molecular weight excluding hydrogens is 892 g/mol. The van der Waals surface area contributed by atoms with Crippen molar-refractivity contribution in [2.24, 2.45) is 17.3 Å². The van der Waals surface area contributed by atoms with E-state index in [9.17, 15) is 19.5 Å². The first-order valence-corrected chi connectivity index (χ1v) is 26.6. The molecule has 2 atom stereocenters. The molecule has 65 heavy (non-hydrogen) atoms. The second-order valence-corrected chi connectivity index (χ2v) is 18.6. The average molecular weight is 997 g/mol. The van der Waals surface area contributed by atoms with Crippen molar-refractivity contribution < 1.29 is 66.8 Å². The number of unbranched alkanes of at least 4 members (excludes halogenated alkanes) is 19. The number of ether oxygens (including phenoxy) is 2. The largest absolute Gasteiger partial charge is 0.465 e. The molecule has 0 aliphatic heterocycles. The summed E-state index contributed by atoms with van der Waals surface area (Å²) in [6, 6.07) is -0.291. The van der Waals surface area contributed by atoms with Crippen LogP contribution in [0.2, 0.25) is 0 Å². The molecule has 0 aromatic rings. The van der Waals surface area contributed by atoms with Gasteiger partial charge in [0.25, 0.3) is 0 Å². The van der Waals surface area contributed by atoms with Crippen molar-refractivity contribution >= 4 is 18.0 Å². The normalized spacial score (nSPS) is 12.6. The van der Waals surface area contributed by atoms with Crippen LogP contribution >= 0.6 is 0 Å². The predicted octanol–water partition coefficient (Wildman–Crippen LogP) is 13.0. The Kier molecular flexibility index (Phi) is 52.8. The van der Waals surface area contributed by atoms with Gasteiger partial charge in [-0.1, -0.05) is 169 Å². The van der Waals surface area contributed by atoms with Crippen LogP contribution in [-0.2, 0) is 51.8 Å². The van der Waals surface area contributed by atoms with E-state index in [1.807, 2.05) is 0 Å². The molecule has 2 unspecified atom stereocenters. The van der Waals surface area contributed by atoms with Gasteiger partial charge < -0.3 is 35.2 Å². The fourth-order valence-corrected chi connectivity index (χ4v) is 7.31. The van der Waals surface area contributed by atoms with Crippen LogP contribution in [-0.4, -0.2) is 91.7 Å². The van der Waals surface area contributed by atoms with Gasteiger partial charge in [0.15, 0.2) is 0 Å². The molecule has 10 nitrogen and oxygen atoms in total. The summed E-state index contributed by atoms with van der Waals surface area (Å²) in [4.78, 5) is 41.2. The molecule has 0 fully saturated rings. The zero-order chi connectivity index (χ0) is 47.9. The molecule has 2 amide bonds. The maximum absolute atomic E-state index is 13.4. The number of urea groups is 1. The molecule has 0 bridgehead atoms. The number of rotatable bonds is 43. The molecule has 0 saturated carbocycles. The van der Waals surface area contributed by atoms with Crippen molar-refractivity contribution in [3.8, 4) is 0 Å². The smallest absolute Gasteiger partial charge is 0.314 e. The van der Waals surface area contributed by atoms with E-state index >= 15 is 0 Å². The van der Waals surface area contributed by atoms with Gasteiger partial charge >= 0.3 is 18.0 Å². The average Bonchev–Trinajstić information content (AvgIpc) is 3.29. The summed E-state index contributed by atoms with van der Waals surface area (Å²) in [6.45, 7) is 20.1. The molecule has 0 aliphatic carbocycles. The van der Waals surface area contributed by atoms with Gasteiger partial charge in [0.2, 0.25) is 0 Å². The number of carbonyl (C=O) groups is 3. The summed E-state index contributed by atoms with van der Waals surface area (Å²) in [6.07, 6.45) is 40.1. The minimum Gasteiger partial charge on any atom is -0.465 e. The summed E-state index contributed by atoms with van der Waals surface area (Å²) >= 11 is 0. The fraction of sp³-hybridized carbons (Fsp3) is 0.870. The Labute approximate surface area is 426 Å². The van der Waals surface area contributed by atoms with Crippen LogP contribution in [0.4, 0.5) is 4.79 Å². The van der Waals surface area contributed by atoms with Crippen molar-refractivity contribution in [2.45, 2.75) is 235 Å². The van der Waals surface area contributed by atoms with E-state index in [0.717, 1.165) is 96.7 Å². The van der Waals surface area contributed by atoms with E-state index in [2.05, 4.69) is 74.5 Å². The molecule has 0 aromatic carbocycles. The summed E-state index contributed by atoms with van der Waals surface area (Å²) in [7, 11) is 0. The van der Waals surface area contributed by atoms with Gasteiger partial charge in [-0.25, -0.2) is 4.79 Å². The van der Waals surface area contributed by atoms with Gasteiger partial charge in [-0.05, 0) is 97.6 Å². The maximum atomic E-state index is 13.4. The molecule has 0 heterocycles. The maximum Gasteiger partial charge on any atom is 0.314 e.